The van der Waals surface area contributed by atoms with Crippen molar-refractivity contribution in [3.05, 3.63) is 144 Å². The molecular formula is C67H90N10O8. The van der Waals surface area contributed by atoms with E-state index in [0.717, 1.165) is 86.5 Å². The second-order valence-electron chi connectivity index (χ2n) is 23.7. The highest BCUT2D eigenvalue weighted by atomic mass is 16.2. The van der Waals surface area contributed by atoms with E-state index in [-0.39, 0.29) is 55.0 Å². The number of amides is 8. The highest BCUT2D eigenvalue weighted by molar-refractivity contribution is 5.97. The number of benzene rings is 4. The maximum atomic E-state index is 14.9. The number of hydrogen-bond acceptors (Lipinski definition) is 10. The van der Waals surface area contributed by atoms with E-state index >= 15 is 0 Å². The van der Waals surface area contributed by atoms with E-state index in [9.17, 15) is 38.4 Å². The summed E-state index contributed by atoms with van der Waals surface area (Å²) in [4.78, 5) is 119. The van der Waals surface area contributed by atoms with E-state index in [4.69, 9.17) is 0 Å². The SMILES string of the molecule is CN[C@@H](C)C(=O)N[C@H](C(=O)N1CCC[C@H]1C(=O)N[C@H](C(=O)NCCCNC(=O)[C@@H](NC(=O)[C@@H]1CCCN1C(=O)[C@@H](NC(=O)[C@H](C)NC)C1CCCCC1)C(c1ccccc1)c1ccccc1)C(c1ccccc1)c1ccccc1)C1CCCCC1. The molecule has 0 bridgehead atoms. The Kier molecular flexibility index (Phi) is 23.7. The second-order valence-corrected chi connectivity index (χ2v) is 23.7. The fraction of sp³-hybridized carbons (Fsp3) is 0.522. The Morgan fingerprint density at radius 2 is 0.729 bits per heavy atom. The van der Waals surface area contributed by atoms with Crippen molar-refractivity contribution >= 4 is 47.3 Å². The van der Waals surface area contributed by atoms with Gasteiger partial charge in [0.05, 0.1) is 12.1 Å². The standard InChI is InChI=1S/C67H90N10O8/c1-44(68-3)60(78)72-56(50-34-19-9-20-35-50)66(84)76-42-23-38-52(76)62(80)74-58(54(46-26-11-5-12-27-46)47-28-13-6-14-29-47)64(82)70-40-25-41-71-65(83)59(55(48-30-15-7-16-31-48)49-32-17-8-18-33-49)75-63(81)53-39-24-43-77(53)67(85)57(51-36-21-10-22-37-51)73-61(79)45(2)69-4/h5-8,11-18,26-33,44-45,50-59,68-69H,9-10,19-25,34-43H2,1-4H3,(H,70,82)(H,71,83)(H,72,78)(H,73,79)(H,74,80)(H,75,81)/t44-,45-,52-,53-,56-,57-,58-,59-/m0/s1. The Morgan fingerprint density at radius 3 is 1.04 bits per heavy atom. The molecule has 18 nitrogen and oxygen atoms in total. The average molecular weight is 1160 g/mol. The summed E-state index contributed by atoms with van der Waals surface area (Å²) < 4.78 is 0. The highest BCUT2D eigenvalue weighted by Crippen LogP contribution is 2.34. The van der Waals surface area contributed by atoms with E-state index in [1.807, 2.05) is 121 Å². The largest absolute Gasteiger partial charge is 0.354 e. The molecule has 4 fully saturated rings. The van der Waals surface area contributed by atoms with Crippen molar-refractivity contribution in [3.8, 4) is 0 Å². The first-order valence-corrected chi connectivity index (χ1v) is 31.2. The molecular weight excluding hydrogens is 1070 g/mol. The van der Waals surface area contributed by atoms with E-state index < -0.39 is 83.8 Å². The Balaban J connectivity index is 0.999. The number of carbonyl (C=O) groups excluding carboxylic acids is 8. The summed E-state index contributed by atoms with van der Waals surface area (Å²) in [7, 11) is 3.39. The van der Waals surface area contributed by atoms with E-state index in [0.29, 0.717) is 38.8 Å². The molecule has 2 aliphatic carbocycles. The molecule has 456 valence electrons. The van der Waals surface area contributed by atoms with E-state index in [1.54, 1.807) is 37.7 Å². The molecule has 4 aliphatic rings. The zero-order chi connectivity index (χ0) is 60.2. The summed E-state index contributed by atoms with van der Waals surface area (Å²) in [6.07, 6.45) is 11.3. The predicted molar refractivity (Wildman–Crippen MR) is 327 cm³/mol. The molecule has 4 aromatic rings. The number of rotatable bonds is 26. The molecule has 0 unspecified atom stereocenters. The lowest BCUT2D eigenvalue weighted by atomic mass is 9.83. The molecule has 8 N–H and O–H groups in total. The third-order valence-corrected chi connectivity index (χ3v) is 18.1. The topological polar surface area (TPSA) is 239 Å². The lowest BCUT2D eigenvalue weighted by Crippen LogP contribution is -2.60. The Hall–Kier alpha value is -7.44. The fourth-order valence-corrected chi connectivity index (χ4v) is 13.1. The molecule has 85 heavy (non-hydrogen) atoms. The summed E-state index contributed by atoms with van der Waals surface area (Å²) >= 11 is 0. The van der Waals surface area contributed by atoms with Gasteiger partial charge in [-0.25, -0.2) is 0 Å². The Bertz CT molecular complexity index is 2570. The smallest absolute Gasteiger partial charge is 0.246 e. The van der Waals surface area contributed by atoms with Gasteiger partial charge in [0.2, 0.25) is 47.3 Å². The summed E-state index contributed by atoms with van der Waals surface area (Å²) in [5.74, 6) is -4.42. The van der Waals surface area contributed by atoms with Crippen LogP contribution >= 0.6 is 0 Å². The fourth-order valence-electron chi connectivity index (χ4n) is 13.1. The number of nitrogens with one attached hydrogen (secondary N) is 8. The van der Waals surface area contributed by atoms with Gasteiger partial charge in [-0.3, -0.25) is 38.4 Å². The normalized spacial score (nSPS) is 19.6. The van der Waals surface area contributed by atoms with Crippen LogP contribution in [0.5, 0.6) is 0 Å². The first kappa shape index (κ1) is 63.6. The van der Waals surface area contributed by atoms with Gasteiger partial charge in [0.25, 0.3) is 0 Å². The van der Waals surface area contributed by atoms with Gasteiger partial charge < -0.3 is 52.3 Å². The highest BCUT2D eigenvalue weighted by Gasteiger charge is 2.45. The molecule has 2 saturated carbocycles. The number of carbonyl (C=O) groups is 8. The van der Waals surface area contributed by atoms with Gasteiger partial charge in [-0.1, -0.05) is 160 Å². The molecule has 0 spiro atoms. The van der Waals surface area contributed by atoms with Crippen LogP contribution in [0.25, 0.3) is 0 Å². The van der Waals surface area contributed by atoms with Gasteiger partial charge >= 0.3 is 0 Å². The van der Waals surface area contributed by atoms with Gasteiger partial charge in [-0.05, 0) is 120 Å². The van der Waals surface area contributed by atoms with Crippen molar-refractivity contribution in [3.63, 3.8) is 0 Å². The summed E-state index contributed by atoms with van der Waals surface area (Å²) in [6, 6.07) is 31.4. The molecule has 8 amide bonds. The van der Waals surface area contributed by atoms with Crippen molar-refractivity contribution < 1.29 is 38.4 Å². The Morgan fingerprint density at radius 1 is 0.412 bits per heavy atom. The van der Waals surface area contributed by atoms with Gasteiger partial charge in [0.1, 0.15) is 36.3 Å². The summed E-state index contributed by atoms with van der Waals surface area (Å²) in [6.45, 7) is 4.36. The number of likely N-dealkylation sites (tertiary alicyclic amines) is 2. The monoisotopic (exact) mass is 1160 g/mol. The lowest BCUT2D eigenvalue weighted by Gasteiger charge is -2.36. The first-order valence-electron chi connectivity index (χ1n) is 31.2. The number of nitrogens with zero attached hydrogens (tertiary/aromatic N) is 2. The zero-order valence-corrected chi connectivity index (χ0v) is 50.1. The maximum Gasteiger partial charge on any atom is 0.246 e. The van der Waals surface area contributed by atoms with Crippen LogP contribution in [-0.4, -0.2) is 146 Å². The molecule has 18 heteroatoms. The molecule has 4 aromatic carbocycles. The zero-order valence-electron chi connectivity index (χ0n) is 50.1. The van der Waals surface area contributed by atoms with Crippen molar-refractivity contribution in [2.45, 2.75) is 170 Å². The first-order chi connectivity index (χ1) is 41.3. The van der Waals surface area contributed by atoms with E-state index in [2.05, 4.69) is 42.5 Å². The van der Waals surface area contributed by atoms with Crippen LogP contribution in [0.2, 0.25) is 0 Å². The molecule has 2 heterocycles. The maximum absolute atomic E-state index is 14.9. The molecule has 0 aromatic heterocycles. The molecule has 0 radical (unpaired) electrons. The number of hydrogen-bond donors (Lipinski definition) is 8. The average Bonchev–Trinajstić information content (AvgIpc) is 4.09. The quantitative estimate of drug-likeness (QED) is 0.0364. The lowest BCUT2D eigenvalue weighted by molar-refractivity contribution is -0.143. The van der Waals surface area contributed by atoms with Crippen molar-refractivity contribution in [2.24, 2.45) is 11.8 Å². The third-order valence-electron chi connectivity index (χ3n) is 18.1. The van der Waals surface area contributed by atoms with E-state index in [1.165, 1.54) is 0 Å². The number of likely N-dealkylation sites (N-methyl/N-ethyl adjacent to an activating group) is 2. The van der Waals surface area contributed by atoms with Crippen LogP contribution in [0, 0.1) is 11.8 Å². The minimum atomic E-state index is -1.14. The van der Waals surface area contributed by atoms with Gasteiger partial charge in [0.15, 0.2) is 0 Å². The van der Waals surface area contributed by atoms with Gasteiger partial charge in [-0.2, -0.15) is 0 Å². The molecule has 8 atom stereocenters. The molecule has 8 rings (SSSR count). The second kappa shape index (κ2) is 31.6. The van der Waals surface area contributed by atoms with Crippen molar-refractivity contribution in [1.29, 1.82) is 0 Å². The minimum Gasteiger partial charge on any atom is -0.354 e. The third kappa shape index (κ3) is 16.5. The summed E-state index contributed by atoms with van der Waals surface area (Å²) in [5, 5.41) is 24.5. The van der Waals surface area contributed by atoms with Crippen molar-refractivity contribution in [1.82, 2.24) is 52.3 Å². The van der Waals surface area contributed by atoms with Gasteiger partial charge in [0, 0.05) is 38.0 Å². The van der Waals surface area contributed by atoms with Crippen LogP contribution in [-0.2, 0) is 38.4 Å². The molecule has 2 saturated heterocycles. The summed E-state index contributed by atoms with van der Waals surface area (Å²) in [5.41, 5.74) is 3.16. The Labute approximate surface area is 501 Å². The van der Waals surface area contributed by atoms with Crippen LogP contribution in [0.1, 0.15) is 144 Å². The van der Waals surface area contributed by atoms with Gasteiger partial charge in [-0.15, -0.1) is 0 Å². The predicted octanol–water partition coefficient (Wildman–Crippen LogP) is 5.57. The van der Waals surface area contributed by atoms with Crippen molar-refractivity contribution in [2.75, 3.05) is 40.3 Å². The van der Waals surface area contributed by atoms with Crippen LogP contribution in [0.3, 0.4) is 0 Å². The van der Waals surface area contributed by atoms with Crippen LogP contribution in [0.15, 0.2) is 121 Å². The van der Waals surface area contributed by atoms with Crippen LogP contribution in [0.4, 0.5) is 0 Å². The minimum absolute atomic E-state index is 0.0693. The molecule has 2 aliphatic heterocycles. The van der Waals surface area contributed by atoms with Crippen LogP contribution < -0.4 is 42.5 Å².